The van der Waals surface area contributed by atoms with Gasteiger partial charge in [0, 0.05) is 25.2 Å². The van der Waals surface area contributed by atoms with Gasteiger partial charge < -0.3 is 5.73 Å². The number of rotatable bonds is 3. The maximum atomic E-state index is 6.38. The molecule has 0 radical (unpaired) electrons. The van der Waals surface area contributed by atoms with Crippen molar-refractivity contribution < 1.29 is 0 Å². The van der Waals surface area contributed by atoms with Crippen molar-refractivity contribution in [3.05, 3.63) is 48.0 Å². The van der Waals surface area contributed by atoms with Gasteiger partial charge in [-0.15, -0.1) is 0 Å². The van der Waals surface area contributed by atoms with E-state index in [1.54, 1.807) is 0 Å². The van der Waals surface area contributed by atoms with Gasteiger partial charge in [-0.25, -0.2) is 0 Å². The number of benzene rings is 2. The average Bonchev–Trinajstić information content (AvgIpc) is 2.78. The van der Waals surface area contributed by atoms with Crippen LogP contribution in [0.15, 0.2) is 42.5 Å². The molecule has 2 N–H and O–H groups in total. The van der Waals surface area contributed by atoms with E-state index in [1.165, 1.54) is 16.3 Å². The molecule has 2 heteroatoms. The molecule has 0 aromatic heterocycles. The maximum Gasteiger partial charge on any atom is 0.0500 e. The molecule has 1 aliphatic heterocycles. The summed E-state index contributed by atoms with van der Waals surface area (Å²) in [7, 11) is 0. The Kier molecular flexibility index (Phi) is 3.77. The van der Waals surface area contributed by atoms with Crippen molar-refractivity contribution in [2.45, 2.75) is 32.4 Å². The van der Waals surface area contributed by atoms with Gasteiger partial charge in [-0.2, -0.15) is 0 Å². The van der Waals surface area contributed by atoms with Crippen molar-refractivity contribution in [1.82, 2.24) is 4.90 Å². The predicted octanol–water partition coefficient (Wildman–Crippen LogP) is 3.57. The lowest BCUT2D eigenvalue weighted by Gasteiger charge is -2.28. The highest BCUT2D eigenvalue weighted by molar-refractivity contribution is 5.83. The summed E-state index contributed by atoms with van der Waals surface area (Å²) in [4.78, 5) is 2.56. The minimum absolute atomic E-state index is 0.259. The smallest absolute Gasteiger partial charge is 0.0500 e. The lowest BCUT2D eigenvalue weighted by atomic mass is 9.97. The molecule has 0 amide bonds. The monoisotopic (exact) mass is 268 g/mol. The summed E-state index contributed by atoms with van der Waals surface area (Å²) in [6.07, 6.45) is 1.10. The van der Waals surface area contributed by atoms with Crippen LogP contribution in [0, 0.1) is 5.92 Å². The van der Waals surface area contributed by atoms with Gasteiger partial charge in [-0.3, -0.25) is 4.90 Å². The standard InChI is InChI=1S/C18H24N2/c1-13(2)12-20-10-9-17(19)18(20)16-8-7-14-5-3-4-6-15(14)11-16/h3-8,11,13,17-18H,9-10,12,19H2,1-2H3. The zero-order valence-corrected chi connectivity index (χ0v) is 12.4. The van der Waals surface area contributed by atoms with E-state index in [0.717, 1.165) is 19.5 Å². The van der Waals surface area contributed by atoms with E-state index in [4.69, 9.17) is 5.73 Å². The van der Waals surface area contributed by atoms with Crippen LogP contribution in [-0.4, -0.2) is 24.0 Å². The first kappa shape index (κ1) is 13.6. The Balaban J connectivity index is 1.95. The fourth-order valence-electron chi connectivity index (χ4n) is 3.41. The van der Waals surface area contributed by atoms with Crippen LogP contribution in [0.5, 0.6) is 0 Å². The van der Waals surface area contributed by atoms with Gasteiger partial charge in [-0.05, 0) is 34.7 Å². The van der Waals surface area contributed by atoms with E-state index in [-0.39, 0.29) is 6.04 Å². The van der Waals surface area contributed by atoms with Crippen LogP contribution < -0.4 is 5.73 Å². The molecule has 20 heavy (non-hydrogen) atoms. The van der Waals surface area contributed by atoms with Crippen molar-refractivity contribution in [3.8, 4) is 0 Å². The SMILES string of the molecule is CC(C)CN1CCC(N)C1c1ccc2ccccc2c1. The summed E-state index contributed by atoms with van der Waals surface area (Å²) < 4.78 is 0. The summed E-state index contributed by atoms with van der Waals surface area (Å²) >= 11 is 0. The van der Waals surface area contributed by atoms with Crippen molar-refractivity contribution in [2.24, 2.45) is 11.7 Å². The molecule has 0 saturated carbocycles. The molecule has 2 aromatic rings. The molecule has 2 unspecified atom stereocenters. The molecule has 0 aliphatic carbocycles. The highest BCUT2D eigenvalue weighted by Gasteiger charge is 2.32. The van der Waals surface area contributed by atoms with Crippen molar-refractivity contribution in [1.29, 1.82) is 0 Å². The van der Waals surface area contributed by atoms with Crippen LogP contribution in [0.4, 0.5) is 0 Å². The number of nitrogens with zero attached hydrogens (tertiary/aromatic N) is 1. The van der Waals surface area contributed by atoms with Crippen molar-refractivity contribution in [2.75, 3.05) is 13.1 Å². The highest BCUT2D eigenvalue weighted by atomic mass is 15.2. The quantitative estimate of drug-likeness (QED) is 0.922. The number of hydrogen-bond acceptors (Lipinski definition) is 2. The highest BCUT2D eigenvalue weighted by Crippen LogP contribution is 2.33. The van der Waals surface area contributed by atoms with Crippen molar-refractivity contribution in [3.63, 3.8) is 0 Å². The minimum atomic E-state index is 0.259. The second-order valence-corrected chi connectivity index (χ2v) is 6.39. The third-order valence-electron chi connectivity index (χ3n) is 4.26. The molecule has 3 rings (SSSR count). The fraction of sp³-hybridized carbons (Fsp3) is 0.444. The first-order valence-electron chi connectivity index (χ1n) is 7.63. The lowest BCUT2D eigenvalue weighted by molar-refractivity contribution is 0.221. The topological polar surface area (TPSA) is 29.3 Å². The molecule has 1 aliphatic rings. The third kappa shape index (κ3) is 2.58. The van der Waals surface area contributed by atoms with Gasteiger partial charge in [-0.1, -0.05) is 50.2 Å². The third-order valence-corrected chi connectivity index (χ3v) is 4.26. The zero-order valence-electron chi connectivity index (χ0n) is 12.4. The molecule has 2 aromatic carbocycles. The zero-order chi connectivity index (χ0) is 14.1. The number of fused-ring (bicyclic) bond motifs is 1. The maximum absolute atomic E-state index is 6.38. The Hall–Kier alpha value is -1.38. The predicted molar refractivity (Wildman–Crippen MR) is 85.7 cm³/mol. The second-order valence-electron chi connectivity index (χ2n) is 6.39. The Labute approximate surface area is 121 Å². The molecule has 1 heterocycles. The van der Waals surface area contributed by atoms with Gasteiger partial charge >= 0.3 is 0 Å². The average molecular weight is 268 g/mol. The van der Waals surface area contributed by atoms with E-state index in [2.05, 4.69) is 61.2 Å². The molecule has 0 spiro atoms. The molecule has 0 bridgehead atoms. The van der Waals surface area contributed by atoms with Gasteiger partial charge in [0.1, 0.15) is 0 Å². The summed E-state index contributed by atoms with van der Waals surface area (Å²) in [5.41, 5.74) is 7.75. The number of hydrogen-bond donors (Lipinski definition) is 1. The Morgan fingerprint density at radius 1 is 1.15 bits per heavy atom. The molecule has 2 atom stereocenters. The van der Waals surface area contributed by atoms with E-state index in [1.807, 2.05) is 0 Å². The van der Waals surface area contributed by atoms with E-state index >= 15 is 0 Å². The van der Waals surface area contributed by atoms with Crippen LogP contribution in [0.25, 0.3) is 10.8 Å². The Morgan fingerprint density at radius 3 is 2.65 bits per heavy atom. The Bertz CT molecular complexity index is 591. The fourth-order valence-corrected chi connectivity index (χ4v) is 3.41. The van der Waals surface area contributed by atoms with Gasteiger partial charge in [0.25, 0.3) is 0 Å². The van der Waals surface area contributed by atoms with Crippen LogP contribution in [0.2, 0.25) is 0 Å². The lowest BCUT2D eigenvalue weighted by Crippen LogP contribution is -2.33. The first-order chi connectivity index (χ1) is 9.65. The molecular weight excluding hydrogens is 244 g/mol. The summed E-state index contributed by atoms with van der Waals surface area (Å²) in [5, 5.41) is 2.62. The molecule has 106 valence electrons. The van der Waals surface area contributed by atoms with Gasteiger partial charge in [0.15, 0.2) is 0 Å². The van der Waals surface area contributed by atoms with E-state index < -0.39 is 0 Å². The largest absolute Gasteiger partial charge is 0.326 e. The Morgan fingerprint density at radius 2 is 1.90 bits per heavy atom. The second kappa shape index (κ2) is 5.55. The summed E-state index contributed by atoms with van der Waals surface area (Å²) in [6, 6.07) is 16.0. The van der Waals surface area contributed by atoms with Crippen LogP contribution in [0.1, 0.15) is 31.9 Å². The van der Waals surface area contributed by atoms with E-state index in [0.29, 0.717) is 12.0 Å². The first-order valence-corrected chi connectivity index (χ1v) is 7.63. The van der Waals surface area contributed by atoms with Crippen LogP contribution in [0.3, 0.4) is 0 Å². The van der Waals surface area contributed by atoms with Crippen LogP contribution in [-0.2, 0) is 0 Å². The normalized spacial score (nSPS) is 23.8. The number of likely N-dealkylation sites (tertiary alicyclic amines) is 1. The summed E-state index contributed by atoms with van der Waals surface area (Å²) in [5.74, 6) is 0.684. The van der Waals surface area contributed by atoms with Gasteiger partial charge in [0.05, 0.1) is 0 Å². The molecule has 1 saturated heterocycles. The van der Waals surface area contributed by atoms with Gasteiger partial charge in [0.2, 0.25) is 0 Å². The van der Waals surface area contributed by atoms with Crippen LogP contribution >= 0.6 is 0 Å². The molecular formula is C18H24N2. The summed E-state index contributed by atoms with van der Waals surface area (Å²) in [6.45, 7) is 6.81. The minimum Gasteiger partial charge on any atom is -0.326 e. The van der Waals surface area contributed by atoms with E-state index in [9.17, 15) is 0 Å². The van der Waals surface area contributed by atoms with Crippen molar-refractivity contribution >= 4 is 10.8 Å². The molecule has 2 nitrogen and oxygen atoms in total. The molecule has 1 fully saturated rings. The number of nitrogens with two attached hydrogens (primary N) is 1.